The van der Waals surface area contributed by atoms with Gasteiger partial charge < -0.3 is 10.3 Å². The van der Waals surface area contributed by atoms with Crippen LogP contribution in [0.4, 0.5) is 11.4 Å². The van der Waals surface area contributed by atoms with E-state index in [1.54, 1.807) is 6.21 Å². The van der Waals surface area contributed by atoms with Crippen LogP contribution in [0.15, 0.2) is 138 Å². The van der Waals surface area contributed by atoms with Gasteiger partial charge >= 0.3 is 0 Å². The first-order chi connectivity index (χ1) is 22.0. The molecule has 0 heterocycles. The lowest BCUT2D eigenvalue weighted by molar-refractivity contribution is 0.552. The van der Waals surface area contributed by atoms with Crippen LogP contribution in [0.5, 0.6) is 0 Å². The van der Waals surface area contributed by atoms with Gasteiger partial charge in [0.05, 0.1) is 5.69 Å². The van der Waals surface area contributed by atoms with E-state index in [-0.39, 0.29) is 11.8 Å². The zero-order valence-corrected chi connectivity index (χ0v) is 27.0. The molecule has 0 amide bonds. The van der Waals surface area contributed by atoms with Crippen LogP contribution < -0.4 is 4.90 Å². The van der Waals surface area contributed by atoms with Crippen molar-refractivity contribution in [3.8, 4) is 0 Å². The minimum absolute atomic E-state index is 0.0452. The molecule has 5 aromatic rings. The molecule has 228 valence electrons. The largest absolute Gasteiger partial charge is 0.371 e. The molecule has 0 spiro atoms. The van der Waals surface area contributed by atoms with Crippen molar-refractivity contribution < 1.29 is 0 Å². The maximum absolute atomic E-state index is 7.95. The maximum atomic E-state index is 7.95. The fourth-order valence-corrected chi connectivity index (χ4v) is 6.40. The molecule has 0 fully saturated rings. The zero-order valence-electron chi connectivity index (χ0n) is 27.0. The van der Waals surface area contributed by atoms with Crippen LogP contribution >= 0.6 is 0 Å². The summed E-state index contributed by atoms with van der Waals surface area (Å²) in [6, 6.07) is 47.8. The summed E-state index contributed by atoms with van der Waals surface area (Å²) in [6.45, 7) is 11.1. The molecule has 0 radical (unpaired) electrons. The molecular formula is C42H45N3. The van der Waals surface area contributed by atoms with Crippen LogP contribution in [0.2, 0.25) is 0 Å². The number of nitrogens with zero attached hydrogens (tertiary/aromatic N) is 2. The summed E-state index contributed by atoms with van der Waals surface area (Å²) >= 11 is 0. The van der Waals surface area contributed by atoms with Gasteiger partial charge in [-0.1, -0.05) is 149 Å². The Bertz CT molecular complexity index is 1470. The number of hydrogen-bond acceptors (Lipinski definition) is 3. The standard InChI is InChI=1S/C42H45N3/c1-31(2)29-45(30-32(3)4)37-27-38(40(33-17-9-5-10-18-33)34-19-11-6-12-20-34)42(44-26-25-43)39(28-37)41(35-21-13-7-14-22-35)36-23-15-8-16-24-36/h5-28,31-32,40-41,43H,29-30H2,1-4H3/b43-25?,44-26+. The summed E-state index contributed by atoms with van der Waals surface area (Å²) in [5.41, 5.74) is 9.29. The first kappa shape index (κ1) is 31.7. The molecule has 0 bridgehead atoms. The van der Waals surface area contributed by atoms with Crippen LogP contribution in [0.3, 0.4) is 0 Å². The second kappa shape index (κ2) is 15.3. The molecule has 0 aliphatic rings. The van der Waals surface area contributed by atoms with Crippen molar-refractivity contribution in [1.82, 2.24) is 0 Å². The Labute approximate surface area is 269 Å². The smallest absolute Gasteiger partial charge is 0.0715 e. The predicted octanol–water partition coefficient (Wildman–Crippen LogP) is 10.5. The molecule has 0 saturated carbocycles. The van der Waals surface area contributed by atoms with Crippen molar-refractivity contribution in [2.24, 2.45) is 16.8 Å². The summed E-state index contributed by atoms with van der Waals surface area (Å²) < 4.78 is 0. The topological polar surface area (TPSA) is 39.5 Å². The molecule has 0 unspecified atom stereocenters. The lowest BCUT2D eigenvalue weighted by Gasteiger charge is -2.33. The summed E-state index contributed by atoms with van der Waals surface area (Å²) in [7, 11) is 0. The van der Waals surface area contributed by atoms with Gasteiger partial charge in [-0.3, -0.25) is 4.99 Å². The quantitative estimate of drug-likeness (QED) is 0.107. The number of hydrogen-bond donors (Lipinski definition) is 1. The highest BCUT2D eigenvalue weighted by molar-refractivity contribution is 6.15. The van der Waals surface area contributed by atoms with Crippen LogP contribution in [-0.4, -0.2) is 25.5 Å². The normalized spacial score (nSPS) is 11.6. The molecule has 5 rings (SSSR count). The minimum Gasteiger partial charge on any atom is -0.371 e. The van der Waals surface area contributed by atoms with Gasteiger partial charge in [-0.15, -0.1) is 0 Å². The highest BCUT2D eigenvalue weighted by Crippen LogP contribution is 2.46. The Kier molecular flexibility index (Phi) is 10.8. The predicted molar refractivity (Wildman–Crippen MR) is 193 cm³/mol. The minimum atomic E-state index is -0.0452. The molecule has 0 atom stereocenters. The Hall–Kier alpha value is -4.76. The fraction of sp³-hybridized carbons (Fsp3) is 0.238. The first-order valence-electron chi connectivity index (χ1n) is 16.1. The third kappa shape index (κ3) is 7.85. The molecule has 5 aromatic carbocycles. The number of anilines is 1. The first-order valence-corrected chi connectivity index (χ1v) is 16.1. The molecular weight excluding hydrogens is 546 g/mol. The number of nitrogens with one attached hydrogen (secondary N) is 1. The third-order valence-electron chi connectivity index (χ3n) is 8.12. The van der Waals surface area contributed by atoms with Crippen molar-refractivity contribution >= 4 is 23.8 Å². The van der Waals surface area contributed by atoms with Gasteiger partial charge in [0.15, 0.2) is 0 Å². The molecule has 3 nitrogen and oxygen atoms in total. The van der Waals surface area contributed by atoms with Gasteiger partial charge in [0.1, 0.15) is 0 Å². The Balaban J connectivity index is 1.90. The van der Waals surface area contributed by atoms with Crippen molar-refractivity contribution in [3.05, 3.63) is 167 Å². The fourth-order valence-electron chi connectivity index (χ4n) is 6.40. The van der Waals surface area contributed by atoms with Gasteiger partial charge in [0.25, 0.3) is 0 Å². The Morgan fingerprint density at radius 2 is 0.889 bits per heavy atom. The molecule has 0 aliphatic heterocycles. The average Bonchev–Trinajstić information content (AvgIpc) is 3.06. The van der Waals surface area contributed by atoms with Crippen LogP contribution in [0.25, 0.3) is 0 Å². The van der Waals surface area contributed by atoms with E-state index < -0.39 is 0 Å². The van der Waals surface area contributed by atoms with E-state index in [4.69, 9.17) is 10.4 Å². The highest BCUT2D eigenvalue weighted by Gasteiger charge is 2.28. The maximum Gasteiger partial charge on any atom is 0.0715 e. The van der Waals surface area contributed by atoms with Gasteiger partial charge in [-0.2, -0.15) is 0 Å². The van der Waals surface area contributed by atoms with Crippen LogP contribution in [0.1, 0.15) is 72.9 Å². The SMILES string of the molecule is CC(C)CN(CC(C)C)c1cc(C(c2ccccc2)c2ccccc2)c(/N=C/C=N)c(C(c2ccccc2)c2ccccc2)c1. The molecule has 45 heavy (non-hydrogen) atoms. The summed E-state index contributed by atoms with van der Waals surface area (Å²) in [6.07, 6.45) is 2.91. The Morgan fingerprint density at radius 1 is 0.556 bits per heavy atom. The van der Waals surface area contributed by atoms with E-state index in [0.29, 0.717) is 11.8 Å². The molecule has 0 saturated heterocycles. The van der Waals surface area contributed by atoms with Crippen molar-refractivity contribution in [3.63, 3.8) is 0 Å². The Morgan fingerprint density at radius 3 is 1.18 bits per heavy atom. The second-order valence-electron chi connectivity index (χ2n) is 12.6. The van der Waals surface area contributed by atoms with E-state index in [9.17, 15) is 0 Å². The van der Waals surface area contributed by atoms with Crippen LogP contribution in [-0.2, 0) is 0 Å². The zero-order chi connectivity index (χ0) is 31.6. The van der Waals surface area contributed by atoms with E-state index >= 15 is 0 Å². The number of aliphatic imine (C=N–C) groups is 1. The molecule has 1 N–H and O–H groups in total. The number of rotatable bonds is 13. The van der Waals surface area contributed by atoms with E-state index in [2.05, 4.69) is 166 Å². The summed E-state index contributed by atoms with van der Waals surface area (Å²) in [5, 5.41) is 7.95. The summed E-state index contributed by atoms with van der Waals surface area (Å²) in [5.74, 6) is 0.918. The van der Waals surface area contributed by atoms with Crippen LogP contribution in [0, 0.1) is 17.2 Å². The monoisotopic (exact) mass is 591 g/mol. The van der Waals surface area contributed by atoms with Crippen molar-refractivity contribution in [2.75, 3.05) is 18.0 Å². The van der Waals surface area contributed by atoms with Crippen molar-refractivity contribution in [1.29, 1.82) is 5.41 Å². The average molecular weight is 592 g/mol. The van der Waals surface area contributed by atoms with E-state index in [1.807, 2.05) is 0 Å². The van der Waals surface area contributed by atoms with Gasteiger partial charge in [0, 0.05) is 43.0 Å². The molecule has 3 heteroatoms. The number of benzene rings is 5. The second-order valence-corrected chi connectivity index (χ2v) is 12.6. The highest BCUT2D eigenvalue weighted by atomic mass is 15.1. The van der Waals surface area contributed by atoms with E-state index in [1.165, 1.54) is 34.2 Å². The molecule has 0 aromatic heterocycles. The summed E-state index contributed by atoms with van der Waals surface area (Å²) in [4.78, 5) is 7.67. The van der Waals surface area contributed by atoms with E-state index in [0.717, 1.165) is 29.9 Å². The van der Waals surface area contributed by atoms with Gasteiger partial charge in [0.2, 0.25) is 0 Å². The van der Waals surface area contributed by atoms with Gasteiger partial charge in [-0.05, 0) is 57.3 Å². The lowest BCUT2D eigenvalue weighted by Crippen LogP contribution is -2.31. The van der Waals surface area contributed by atoms with Gasteiger partial charge in [-0.25, -0.2) is 0 Å². The van der Waals surface area contributed by atoms with Crippen molar-refractivity contribution in [2.45, 2.75) is 39.5 Å². The molecule has 0 aliphatic carbocycles. The lowest BCUT2D eigenvalue weighted by atomic mass is 9.78. The third-order valence-corrected chi connectivity index (χ3v) is 8.12.